The molecule has 5 rings (SSSR count). The van der Waals surface area contributed by atoms with Crippen molar-refractivity contribution in [3.63, 3.8) is 0 Å². The Morgan fingerprint density at radius 3 is 2.71 bits per heavy atom. The lowest BCUT2D eigenvalue weighted by molar-refractivity contribution is -0.137. The Bertz CT molecular complexity index is 1380. The first kappa shape index (κ1) is 25.6. The minimum Gasteiger partial charge on any atom is -0.495 e. The largest absolute Gasteiger partial charge is 0.495 e. The van der Waals surface area contributed by atoms with Crippen molar-refractivity contribution in [2.75, 3.05) is 24.3 Å². The number of nitrogens with zero attached hydrogens (tertiary/aromatic N) is 4. The van der Waals surface area contributed by atoms with E-state index in [1.807, 2.05) is 12.1 Å². The van der Waals surface area contributed by atoms with Crippen molar-refractivity contribution in [1.29, 1.82) is 0 Å². The summed E-state index contributed by atoms with van der Waals surface area (Å²) in [5.41, 5.74) is 5.35. The zero-order chi connectivity index (χ0) is 27.0. The van der Waals surface area contributed by atoms with Gasteiger partial charge < -0.3 is 21.1 Å². The maximum Gasteiger partial charge on any atom is 0.418 e. The summed E-state index contributed by atoms with van der Waals surface area (Å²) in [5, 5.41) is 12.8. The predicted molar refractivity (Wildman–Crippen MR) is 131 cm³/mol. The van der Waals surface area contributed by atoms with Gasteiger partial charge in [0, 0.05) is 12.6 Å². The molecule has 9 nitrogen and oxygen atoms in total. The molecule has 0 aliphatic carbocycles. The number of para-hydroxylation sites is 1. The van der Waals surface area contributed by atoms with Gasteiger partial charge in [0.15, 0.2) is 11.5 Å². The molecular formula is C25H25F4N7O2. The number of primary amides is 1. The van der Waals surface area contributed by atoms with Gasteiger partial charge in [-0.3, -0.25) is 9.69 Å². The molecule has 2 aromatic carbocycles. The summed E-state index contributed by atoms with van der Waals surface area (Å²) in [5.74, 6) is -2.44. The van der Waals surface area contributed by atoms with Crippen LogP contribution >= 0.6 is 0 Å². The standard InChI is InChI=1S/C25H25F4N7O2/c1-38-19-11-13-9-15-5-2-3-8-36(15)12-14(13)10-18(19)31-24-33-23(21(22(30)37)34-35-24)32-20-16(25(27,28)29)6-4-7-17(20)26/h4,6-7,10-11,15H,2-3,5,8-9,12H2,1H3,(H2,30,37)(H2,31,32,33,35). The average Bonchev–Trinajstić information content (AvgIpc) is 2.87. The van der Waals surface area contributed by atoms with E-state index in [-0.39, 0.29) is 5.95 Å². The highest BCUT2D eigenvalue weighted by Crippen LogP contribution is 2.39. The van der Waals surface area contributed by atoms with E-state index >= 15 is 0 Å². The van der Waals surface area contributed by atoms with Gasteiger partial charge in [0.2, 0.25) is 5.95 Å². The van der Waals surface area contributed by atoms with Gasteiger partial charge in [0.1, 0.15) is 11.6 Å². The van der Waals surface area contributed by atoms with Crippen LogP contribution in [0.15, 0.2) is 30.3 Å². The van der Waals surface area contributed by atoms with Crippen LogP contribution in [0.3, 0.4) is 0 Å². The first-order chi connectivity index (χ1) is 18.1. The number of halogens is 4. The average molecular weight is 532 g/mol. The third-order valence-corrected chi connectivity index (χ3v) is 6.83. The highest BCUT2D eigenvalue weighted by Gasteiger charge is 2.35. The molecule has 1 atom stereocenters. The number of benzene rings is 2. The maximum absolute atomic E-state index is 14.4. The molecule has 1 fully saturated rings. The van der Waals surface area contributed by atoms with Gasteiger partial charge in [-0.15, -0.1) is 10.2 Å². The molecule has 4 N–H and O–H groups in total. The van der Waals surface area contributed by atoms with E-state index < -0.39 is 40.7 Å². The van der Waals surface area contributed by atoms with Crippen molar-refractivity contribution in [3.8, 4) is 5.75 Å². The Kier molecular flexibility index (Phi) is 6.78. The van der Waals surface area contributed by atoms with Crippen molar-refractivity contribution in [2.45, 2.75) is 44.4 Å². The van der Waals surface area contributed by atoms with E-state index in [2.05, 4.69) is 30.7 Å². The Morgan fingerprint density at radius 1 is 1.16 bits per heavy atom. The number of rotatable bonds is 6. The molecule has 1 saturated heterocycles. The predicted octanol–water partition coefficient (Wildman–Crippen LogP) is 4.53. The van der Waals surface area contributed by atoms with Crippen molar-refractivity contribution >= 4 is 29.0 Å². The second-order valence-corrected chi connectivity index (χ2v) is 9.25. The molecule has 0 bridgehead atoms. The topological polar surface area (TPSA) is 118 Å². The molecule has 1 unspecified atom stereocenters. The molecule has 2 aliphatic heterocycles. The van der Waals surface area contributed by atoms with Gasteiger partial charge in [-0.05, 0) is 61.2 Å². The Labute approximate surface area is 215 Å². The first-order valence-corrected chi connectivity index (χ1v) is 12.0. The monoisotopic (exact) mass is 531 g/mol. The number of amides is 1. The summed E-state index contributed by atoms with van der Waals surface area (Å²) in [7, 11) is 1.52. The van der Waals surface area contributed by atoms with Gasteiger partial charge in [-0.1, -0.05) is 12.5 Å². The van der Waals surface area contributed by atoms with E-state index in [9.17, 15) is 22.4 Å². The summed E-state index contributed by atoms with van der Waals surface area (Å²) in [6.45, 7) is 1.81. The van der Waals surface area contributed by atoms with Crippen LogP contribution in [0.4, 0.5) is 40.7 Å². The highest BCUT2D eigenvalue weighted by atomic mass is 19.4. The minimum atomic E-state index is -4.87. The zero-order valence-electron chi connectivity index (χ0n) is 20.4. The molecule has 200 valence electrons. The minimum absolute atomic E-state index is 0.160. The molecule has 3 aromatic rings. The molecular weight excluding hydrogens is 506 g/mol. The Balaban J connectivity index is 1.49. The normalized spacial score (nSPS) is 17.3. The van der Waals surface area contributed by atoms with Crippen molar-refractivity contribution in [3.05, 3.63) is 58.5 Å². The third kappa shape index (κ3) is 5.05. The van der Waals surface area contributed by atoms with Gasteiger partial charge in [-0.2, -0.15) is 18.2 Å². The summed E-state index contributed by atoms with van der Waals surface area (Å²) in [4.78, 5) is 18.5. The van der Waals surface area contributed by atoms with Gasteiger partial charge in [0.05, 0.1) is 24.0 Å². The first-order valence-electron chi connectivity index (χ1n) is 12.0. The quantitative estimate of drug-likeness (QED) is 0.397. The van der Waals surface area contributed by atoms with Crippen LogP contribution in [-0.2, 0) is 19.1 Å². The number of carbonyl (C=O) groups excluding carboxylic acids is 1. The number of methoxy groups -OCH3 is 1. The SMILES string of the molecule is COc1cc2c(cc1Nc1nnc(C(N)=O)c(Nc3c(F)cccc3C(F)(F)F)n1)CN1CCCCC1C2. The second kappa shape index (κ2) is 10.0. The van der Waals surface area contributed by atoms with Crippen molar-refractivity contribution < 1.29 is 27.1 Å². The molecule has 0 saturated carbocycles. The number of ether oxygens (including phenoxy) is 1. The highest BCUT2D eigenvalue weighted by molar-refractivity contribution is 5.96. The molecule has 13 heteroatoms. The number of hydrogen-bond acceptors (Lipinski definition) is 8. The summed E-state index contributed by atoms with van der Waals surface area (Å²) in [6.07, 6.45) is -0.432. The van der Waals surface area contributed by atoms with E-state index in [1.54, 1.807) is 0 Å². The number of fused-ring (bicyclic) bond motifs is 2. The summed E-state index contributed by atoms with van der Waals surface area (Å²) in [6, 6.07) is 6.84. The molecule has 0 radical (unpaired) electrons. The Morgan fingerprint density at radius 2 is 1.97 bits per heavy atom. The molecule has 0 spiro atoms. The lowest BCUT2D eigenvalue weighted by Gasteiger charge is -2.40. The Hall–Kier alpha value is -4.00. The van der Waals surface area contributed by atoms with Crippen LogP contribution in [0, 0.1) is 5.82 Å². The van der Waals surface area contributed by atoms with E-state index in [1.165, 1.54) is 19.1 Å². The number of piperidine rings is 1. The van der Waals surface area contributed by atoms with E-state index in [0.29, 0.717) is 23.5 Å². The van der Waals surface area contributed by atoms with Gasteiger partial charge in [-0.25, -0.2) is 4.39 Å². The number of carbonyl (C=O) groups is 1. The fraction of sp³-hybridized carbons (Fsp3) is 0.360. The van der Waals surface area contributed by atoms with Crippen LogP contribution in [0.1, 0.15) is 46.4 Å². The summed E-state index contributed by atoms with van der Waals surface area (Å²) < 4.78 is 60.5. The van der Waals surface area contributed by atoms with Crippen LogP contribution in [0.5, 0.6) is 5.75 Å². The second-order valence-electron chi connectivity index (χ2n) is 9.25. The zero-order valence-corrected chi connectivity index (χ0v) is 20.4. The third-order valence-electron chi connectivity index (χ3n) is 6.83. The van der Waals surface area contributed by atoms with Gasteiger partial charge in [0.25, 0.3) is 5.91 Å². The van der Waals surface area contributed by atoms with Crippen LogP contribution in [0.2, 0.25) is 0 Å². The number of aromatic nitrogens is 3. The van der Waals surface area contributed by atoms with Crippen LogP contribution in [-0.4, -0.2) is 45.7 Å². The maximum atomic E-state index is 14.4. The fourth-order valence-electron chi connectivity index (χ4n) is 5.00. The summed E-state index contributed by atoms with van der Waals surface area (Å²) >= 11 is 0. The fourth-order valence-corrected chi connectivity index (χ4v) is 5.00. The number of nitrogens with one attached hydrogen (secondary N) is 2. The van der Waals surface area contributed by atoms with Gasteiger partial charge >= 0.3 is 6.18 Å². The lowest BCUT2D eigenvalue weighted by Crippen LogP contribution is -2.43. The molecule has 2 aliphatic rings. The van der Waals surface area contributed by atoms with Crippen LogP contribution in [0.25, 0.3) is 0 Å². The molecule has 3 heterocycles. The molecule has 38 heavy (non-hydrogen) atoms. The smallest absolute Gasteiger partial charge is 0.418 e. The molecule has 1 aromatic heterocycles. The van der Waals surface area contributed by atoms with E-state index in [4.69, 9.17) is 10.5 Å². The number of hydrogen-bond donors (Lipinski definition) is 3. The molecule has 1 amide bonds. The van der Waals surface area contributed by atoms with Crippen molar-refractivity contribution in [2.24, 2.45) is 5.73 Å². The number of anilines is 4. The van der Waals surface area contributed by atoms with E-state index in [0.717, 1.165) is 50.0 Å². The lowest BCUT2D eigenvalue weighted by atomic mass is 9.88. The number of alkyl halides is 3. The van der Waals surface area contributed by atoms with Crippen molar-refractivity contribution in [1.82, 2.24) is 20.1 Å². The van der Waals surface area contributed by atoms with Crippen LogP contribution < -0.4 is 21.1 Å². The number of nitrogens with two attached hydrogens (primary N) is 1.